The second-order valence-electron chi connectivity index (χ2n) is 3.13. The molecule has 2 N–H and O–H groups in total. The van der Waals surface area contributed by atoms with Crippen molar-refractivity contribution in [3.05, 3.63) is 29.6 Å². The van der Waals surface area contributed by atoms with Crippen molar-refractivity contribution in [2.24, 2.45) is 0 Å². The van der Waals surface area contributed by atoms with Crippen LogP contribution in [0.2, 0.25) is 0 Å². The molecule has 1 aromatic rings. The molecule has 3 nitrogen and oxygen atoms in total. The normalized spacial score (nSPS) is 10.0. The molecule has 1 amide bonds. The SMILES string of the molecule is CC(=O)NCCNc1ccc(F)c(F)c1F. The number of hydrogen-bond donors (Lipinski definition) is 2. The van der Waals surface area contributed by atoms with Gasteiger partial charge in [0.1, 0.15) is 0 Å². The maximum atomic E-state index is 13.1. The molecule has 0 saturated heterocycles. The molecule has 0 saturated carbocycles. The highest BCUT2D eigenvalue weighted by molar-refractivity contribution is 5.72. The van der Waals surface area contributed by atoms with Crippen LogP contribution in [0.15, 0.2) is 12.1 Å². The molecule has 16 heavy (non-hydrogen) atoms. The van der Waals surface area contributed by atoms with E-state index < -0.39 is 17.5 Å². The summed E-state index contributed by atoms with van der Waals surface area (Å²) in [4.78, 5) is 10.5. The summed E-state index contributed by atoms with van der Waals surface area (Å²) in [5, 5.41) is 5.01. The number of nitrogens with one attached hydrogen (secondary N) is 2. The van der Waals surface area contributed by atoms with Crippen molar-refractivity contribution in [3.63, 3.8) is 0 Å². The largest absolute Gasteiger partial charge is 0.381 e. The summed E-state index contributed by atoms with van der Waals surface area (Å²) in [7, 11) is 0. The molecule has 0 aliphatic rings. The fourth-order valence-corrected chi connectivity index (χ4v) is 1.10. The average molecular weight is 232 g/mol. The monoisotopic (exact) mass is 232 g/mol. The molecule has 88 valence electrons. The smallest absolute Gasteiger partial charge is 0.216 e. The first-order chi connectivity index (χ1) is 7.52. The van der Waals surface area contributed by atoms with E-state index in [0.717, 1.165) is 12.1 Å². The van der Waals surface area contributed by atoms with Gasteiger partial charge in [-0.05, 0) is 12.1 Å². The van der Waals surface area contributed by atoms with Gasteiger partial charge in [0.05, 0.1) is 5.69 Å². The summed E-state index contributed by atoms with van der Waals surface area (Å²) in [6.45, 7) is 1.84. The van der Waals surface area contributed by atoms with Gasteiger partial charge in [0.2, 0.25) is 5.91 Å². The standard InChI is InChI=1S/C10H11F3N2O/c1-6(16)14-4-5-15-8-3-2-7(11)9(12)10(8)13/h2-3,15H,4-5H2,1H3,(H,14,16). The minimum atomic E-state index is -1.51. The highest BCUT2D eigenvalue weighted by atomic mass is 19.2. The molecule has 0 fully saturated rings. The van der Waals surface area contributed by atoms with Gasteiger partial charge in [-0.25, -0.2) is 13.2 Å². The molecule has 1 aromatic carbocycles. The minimum absolute atomic E-state index is 0.135. The van der Waals surface area contributed by atoms with Crippen LogP contribution < -0.4 is 10.6 Å². The summed E-state index contributed by atoms with van der Waals surface area (Å²) in [6.07, 6.45) is 0. The zero-order valence-electron chi connectivity index (χ0n) is 8.61. The van der Waals surface area contributed by atoms with Crippen molar-refractivity contribution in [1.29, 1.82) is 0 Å². The van der Waals surface area contributed by atoms with Gasteiger partial charge >= 0.3 is 0 Å². The third-order valence-electron chi connectivity index (χ3n) is 1.85. The van der Waals surface area contributed by atoms with E-state index in [2.05, 4.69) is 10.6 Å². The van der Waals surface area contributed by atoms with E-state index in [1.54, 1.807) is 0 Å². The Morgan fingerprint density at radius 3 is 2.50 bits per heavy atom. The lowest BCUT2D eigenvalue weighted by molar-refractivity contribution is -0.118. The Labute approximate surface area is 90.6 Å². The van der Waals surface area contributed by atoms with Crippen molar-refractivity contribution in [2.45, 2.75) is 6.92 Å². The van der Waals surface area contributed by atoms with E-state index in [1.807, 2.05) is 0 Å². The molecule has 0 spiro atoms. The highest BCUT2D eigenvalue weighted by Gasteiger charge is 2.12. The summed E-state index contributed by atoms with van der Waals surface area (Å²) in [5.41, 5.74) is -0.135. The van der Waals surface area contributed by atoms with Gasteiger partial charge in [0.25, 0.3) is 0 Å². The topological polar surface area (TPSA) is 41.1 Å². The Hall–Kier alpha value is -1.72. The van der Waals surface area contributed by atoms with Crippen LogP contribution in [0.25, 0.3) is 0 Å². The van der Waals surface area contributed by atoms with Crippen molar-refractivity contribution < 1.29 is 18.0 Å². The van der Waals surface area contributed by atoms with E-state index in [4.69, 9.17) is 0 Å². The molecule has 0 radical (unpaired) electrons. The van der Waals surface area contributed by atoms with E-state index in [-0.39, 0.29) is 24.7 Å². The molecule has 0 unspecified atom stereocenters. The van der Waals surface area contributed by atoms with Crippen LogP contribution in [-0.2, 0) is 4.79 Å². The predicted molar refractivity (Wildman–Crippen MR) is 53.5 cm³/mol. The van der Waals surface area contributed by atoms with Gasteiger partial charge in [-0.2, -0.15) is 0 Å². The van der Waals surface area contributed by atoms with Crippen LogP contribution in [0.1, 0.15) is 6.92 Å². The average Bonchev–Trinajstić information content (AvgIpc) is 2.23. The van der Waals surface area contributed by atoms with Crippen LogP contribution in [-0.4, -0.2) is 19.0 Å². The summed E-state index contributed by atoms with van der Waals surface area (Å²) in [6, 6.07) is 1.93. The zero-order valence-corrected chi connectivity index (χ0v) is 8.61. The lowest BCUT2D eigenvalue weighted by atomic mass is 10.3. The van der Waals surface area contributed by atoms with Crippen LogP contribution in [0, 0.1) is 17.5 Å². The van der Waals surface area contributed by atoms with Gasteiger partial charge in [-0.15, -0.1) is 0 Å². The number of carbonyl (C=O) groups excluding carboxylic acids is 1. The maximum absolute atomic E-state index is 13.1. The Bertz CT molecular complexity index is 396. The third-order valence-corrected chi connectivity index (χ3v) is 1.85. The molecule has 6 heteroatoms. The second-order valence-corrected chi connectivity index (χ2v) is 3.13. The van der Waals surface area contributed by atoms with Gasteiger partial charge < -0.3 is 10.6 Å². The van der Waals surface area contributed by atoms with Crippen LogP contribution in [0.3, 0.4) is 0 Å². The maximum Gasteiger partial charge on any atom is 0.216 e. The molecule has 0 heterocycles. The molecular weight excluding hydrogens is 221 g/mol. The molecule has 1 rings (SSSR count). The van der Waals surface area contributed by atoms with E-state index in [9.17, 15) is 18.0 Å². The summed E-state index contributed by atoms with van der Waals surface area (Å²) < 4.78 is 38.4. The van der Waals surface area contributed by atoms with Crippen molar-refractivity contribution in [2.75, 3.05) is 18.4 Å². The molecule has 0 atom stereocenters. The van der Waals surface area contributed by atoms with E-state index in [0.29, 0.717) is 0 Å². The number of hydrogen-bond acceptors (Lipinski definition) is 2. The van der Waals surface area contributed by atoms with Crippen LogP contribution in [0.4, 0.5) is 18.9 Å². The molecule has 0 bridgehead atoms. The molecule has 0 aliphatic heterocycles. The van der Waals surface area contributed by atoms with Gasteiger partial charge in [-0.3, -0.25) is 4.79 Å². The van der Waals surface area contributed by atoms with Gasteiger partial charge in [0.15, 0.2) is 17.5 Å². The number of rotatable bonds is 4. The fraction of sp³-hybridized carbons (Fsp3) is 0.300. The number of halogens is 3. The lowest BCUT2D eigenvalue weighted by Crippen LogP contribution is -2.26. The highest BCUT2D eigenvalue weighted by Crippen LogP contribution is 2.18. The van der Waals surface area contributed by atoms with Crippen LogP contribution >= 0.6 is 0 Å². The second kappa shape index (κ2) is 5.39. The molecular formula is C10H11F3N2O. The third kappa shape index (κ3) is 3.15. The Kier molecular flexibility index (Phi) is 4.16. The van der Waals surface area contributed by atoms with Crippen molar-refractivity contribution in [1.82, 2.24) is 5.32 Å². The van der Waals surface area contributed by atoms with E-state index >= 15 is 0 Å². The first kappa shape index (κ1) is 12.4. The van der Waals surface area contributed by atoms with Crippen LogP contribution in [0.5, 0.6) is 0 Å². The summed E-state index contributed by atoms with van der Waals surface area (Å²) in [5.74, 6) is -4.22. The Morgan fingerprint density at radius 1 is 1.19 bits per heavy atom. The fourth-order valence-electron chi connectivity index (χ4n) is 1.10. The van der Waals surface area contributed by atoms with E-state index in [1.165, 1.54) is 6.92 Å². The first-order valence-electron chi connectivity index (χ1n) is 4.64. The Morgan fingerprint density at radius 2 is 1.88 bits per heavy atom. The van der Waals surface area contributed by atoms with Crippen molar-refractivity contribution >= 4 is 11.6 Å². The van der Waals surface area contributed by atoms with Gasteiger partial charge in [-0.1, -0.05) is 0 Å². The minimum Gasteiger partial charge on any atom is -0.381 e. The number of benzene rings is 1. The number of amides is 1. The Balaban J connectivity index is 2.55. The zero-order chi connectivity index (χ0) is 12.1. The van der Waals surface area contributed by atoms with Crippen molar-refractivity contribution in [3.8, 4) is 0 Å². The summed E-state index contributed by atoms with van der Waals surface area (Å²) >= 11 is 0. The number of carbonyl (C=O) groups is 1. The first-order valence-corrected chi connectivity index (χ1v) is 4.64. The lowest BCUT2D eigenvalue weighted by Gasteiger charge is -2.08. The van der Waals surface area contributed by atoms with Gasteiger partial charge in [0, 0.05) is 20.0 Å². The number of anilines is 1. The predicted octanol–water partition coefficient (Wildman–Crippen LogP) is 1.65. The quantitative estimate of drug-likeness (QED) is 0.612. The molecule has 0 aliphatic carbocycles. The molecule has 0 aromatic heterocycles.